The molecule has 1 N–H and O–H groups in total. The average Bonchev–Trinajstić information content (AvgIpc) is 3.13. The zero-order chi connectivity index (χ0) is 25.0. The van der Waals surface area contributed by atoms with Crippen LogP contribution in [0.5, 0.6) is 5.75 Å². The molecule has 0 spiro atoms. The van der Waals surface area contributed by atoms with E-state index in [2.05, 4.69) is 0 Å². The largest absolute Gasteiger partial charge is 0.487 e. The van der Waals surface area contributed by atoms with Gasteiger partial charge in [0.25, 0.3) is 0 Å². The third-order valence-corrected chi connectivity index (χ3v) is 6.13. The van der Waals surface area contributed by atoms with Crippen molar-refractivity contribution in [3.63, 3.8) is 0 Å². The van der Waals surface area contributed by atoms with Gasteiger partial charge in [-0.3, -0.25) is 9.59 Å². The fourth-order valence-corrected chi connectivity index (χ4v) is 4.52. The van der Waals surface area contributed by atoms with E-state index in [-0.39, 0.29) is 30.5 Å². The number of carboxylic acid groups (broad SMARTS) is 1. The smallest absolute Gasteiger partial charge is 0.323 e. The van der Waals surface area contributed by atoms with E-state index in [4.69, 9.17) is 4.74 Å². The van der Waals surface area contributed by atoms with Crippen molar-refractivity contribution >= 4 is 11.9 Å². The number of halogens is 2. The number of nitrogens with zero attached hydrogens (tertiary/aromatic N) is 1. The van der Waals surface area contributed by atoms with Crippen LogP contribution in [0.4, 0.5) is 8.78 Å². The lowest BCUT2D eigenvalue weighted by atomic mass is 9.91. The minimum absolute atomic E-state index is 0.0540. The van der Waals surface area contributed by atoms with Crippen LogP contribution in [-0.2, 0) is 35.3 Å². The molecule has 1 atom stereocenters. The van der Waals surface area contributed by atoms with Crippen LogP contribution in [-0.4, -0.2) is 40.6 Å². The molecule has 7 heteroatoms. The predicted molar refractivity (Wildman–Crippen MR) is 127 cm³/mol. The number of aliphatic carboxylic acids is 1. The van der Waals surface area contributed by atoms with Gasteiger partial charge in [-0.05, 0) is 65.9 Å². The number of hydrogen-bond acceptors (Lipinski definition) is 3. The van der Waals surface area contributed by atoms with E-state index < -0.39 is 18.1 Å². The highest BCUT2D eigenvalue weighted by Gasteiger charge is 2.35. The summed E-state index contributed by atoms with van der Waals surface area (Å²) in [5.41, 5.74) is 2.93. The molecule has 0 saturated carbocycles. The molecule has 182 valence electrons. The fraction of sp³-hybridized carbons (Fsp3) is 0.286. The summed E-state index contributed by atoms with van der Waals surface area (Å²) < 4.78 is 32.9. The molecule has 3 aromatic rings. The number of benzene rings is 3. The van der Waals surface area contributed by atoms with Crippen molar-refractivity contribution in [2.24, 2.45) is 0 Å². The summed E-state index contributed by atoms with van der Waals surface area (Å²) in [7, 11) is 0. The lowest BCUT2D eigenvalue weighted by molar-refractivity contribution is -0.144. The van der Waals surface area contributed by atoms with Crippen molar-refractivity contribution in [3.05, 3.63) is 101 Å². The summed E-state index contributed by atoms with van der Waals surface area (Å²) in [6, 6.07) is 18.0. The van der Waals surface area contributed by atoms with E-state index in [1.165, 1.54) is 29.2 Å². The number of rotatable bonds is 9. The van der Waals surface area contributed by atoms with Crippen molar-refractivity contribution in [1.29, 1.82) is 0 Å². The van der Waals surface area contributed by atoms with Gasteiger partial charge in [0, 0.05) is 19.4 Å². The van der Waals surface area contributed by atoms with Gasteiger partial charge in [-0.15, -0.1) is 0 Å². The Bertz CT molecular complexity index is 1230. The number of carboxylic acids is 1. The average molecular weight is 480 g/mol. The summed E-state index contributed by atoms with van der Waals surface area (Å²) in [5.74, 6) is -1.31. The molecular formula is C28H27F2NO4. The van der Waals surface area contributed by atoms with Crippen molar-refractivity contribution < 1.29 is 28.2 Å². The third-order valence-electron chi connectivity index (χ3n) is 6.13. The molecule has 0 aromatic heterocycles. The maximum atomic E-state index is 13.4. The second-order valence-electron chi connectivity index (χ2n) is 9.24. The molecule has 3 aromatic carbocycles. The van der Waals surface area contributed by atoms with Gasteiger partial charge in [0.05, 0.1) is 6.42 Å². The number of carbonyl (C=O) groups excluding carboxylic acids is 1. The van der Waals surface area contributed by atoms with Gasteiger partial charge in [-0.2, -0.15) is 0 Å². The van der Waals surface area contributed by atoms with Gasteiger partial charge in [-0.1, -0.05) is 36.4 Å². The Morgan fingerprint density at radius 3 is 2.43 bits per heavy atom. The Balaban J connectivity index is 1.41. The van der Waals surface area contributed by atoms with Crippen LogP contribution in [0.15, 0.2) is 66.7 Å². The molecule has 0 fully saturated rings. The monoisotopic (exact) mass is 479 g/mol. The summed E-state index contributed by atoms with van der Waals surface area (Å²) in [6.45, 7) is 1.76. The molecule has 1 heterocycles. The lowest BCUT2D eigenvalue weighted by Crippen LogP contribution is -2.38. The van der Waals surface area contributed by atoms with Gasteiger partial charge < -0.3 is 14.7 Å². The highest BCUT2D eigenvalue weighted by Crippen LogP contribution is 2.37. The summed E-state index contributed by atoms with van der Waals surface area (Å²) in [4.78, 5) is 25.6. The quantitative estimate of drug-likeness (QED) is 0.487. The van der Waals surface area contributed by atoms with E-state index in [1.54, 1.807) is 24.3 Å². The van der Waals surface area contributed by atoms with Crippen LogP contribution in [0.2, 0.25) is 0 Å². The second kappa shape index (κ2) is 10.3. The zero-order valence-corrected chi connectivity index (χ0v) is 19.5. The highest BCUT2D eigenvalue weighted by molar-refractivity contribution is 5.83. The first-order valence-electron chi connectivity index (χ1n) is 11.5. The van der Waals surface area contributed by atoms with Crippen LogP contribution in [0.1, 0.15) is 29.2 Å². The van der Waals surface area contributed by atoms with Gasteiger partial charge in [0.2, 0.25) is 5.91 Å². The highest BCUT2D eigenvalue weighted by atomic mass is 19.1. The second-order valence-corrected chi connectivity index (χ2v) is 9.24. The van der Waals surface area contributed by atoms with Crippen molar-refractivity contribution in [2.45, 2.75) is 38.2 Å². The number of fused-ring (bicyclic) bond motifs is 1. The third kappa shape index (κ3) is 6.44. The van der Waals surface area contributed by atoms with E-state index in [0.717, 1.165) is 22.4 Å². The maximum Gasteiger partial charge on any atom is 0.323 e. The topological polar surface area (TPSA) is 66.8 Å². The molecule has 5 nitrogen and oxygen atoms in total. The molecule has 1 aliphatic heterocycles. The number of ether oxygens (including phenoxy) is 1. The van der Waals surface area contributed by atoms with Gasteiger partial charge in [0.15, 0.2) is 0 Å². The molecule has 0 aliphatic carbocycles. The molecule has 0 saturated heterocycles. The molecular weight excluding hydrogens is 452 g/mol. The first-order chi connectivity index (χ1) is 16.7. The summed E-state index contributed by atoms with van der Waals surface area (Å²) in [6.07, 6.45) is 1.66. The maximum absolute atomic E-state index is 13.4. The first kappa shape index (κ1) is 24.4. The Kier molecular flexibility index (Phi) is 7.15. The molecule has 0 bridgehead atoms. The predicted octanol–water partition coefficient (Wildman–Crippen LogP) is 4.60. The molecule has 4 rings (SSSR count). The van der Waals surface area contributed by atoms with Crippen molar-refractivity contribution in [3.8, 4) is 5.75 Å². The SMILES string of the molecule is CC1(Cc2ccc(F)cc2)Cc2cc(CC(=O)N(CCc3cccc(F)c3)CC(=O)O)ccc2O1. The molecule has 1 unspecified atom stereocenters. The van der Waals surface area contributed by atoms with E-state index >= 15 is 0 Å². The van der Waals surface area contributed by atoms with Crippen LogP contribution in [0.3, 0.4) is 0 Å². The Hall–Kier alpha value is -3.74. The van der Waals surface area contributed by atoms with Gasteiger partial charge >= 0.3 is 5.97 Å². The Labute approximate surface area is 203 Å². The van der Waals surface area contributed by atoms with Crippen LogP contribution < -0.4 is 4.74 Å². The van der Waals surface area contributed by atoms with E-state index in [9.17, 15) is 23.5 Å². The molecule has 1 amide bonds. The van der Waals surface area contributed by atoms with Crippen LogP contribution in [0, 0.1) is 11.6 Å². The Morgan fingerprint density at radius 2 is 1.71 bits per heavy atom. The minimum Gasteiger partial charge on any atom is -0.487 e. The van der Waals surface area contributed by atoms with Gasteiger partial charge in [0.1, 0.15) is 29.5 Å². The van der Waals surface area contributed by atoms with Crippen molar-refractivity contribution in [2.75, 3.05) is 13.1 Å². The fourth-order valence-electron chi connectivity index (χ4n) is 4.52. The first-order valence-corrected chi connectivity index (χ1v) is 11.5. The minimum atomic E-state index is -1.10. The van der Waals surface area contributed by atoms with E-state index in [0.29, 0.717) is 24.8 Å². The lowest BCUT2D eigenvalue weighted by Gasteiger charge is -2.24. The van der Waals surface area contributed by atoms with Gasteiger partial charge in [-0.25, -0.2) is 8.78 Å². The van der Waals surface area contributed by atoms with Crippen molar-refractivity contribution in [1.82, 2.24) is 4.90 Å². The summed E-state index contributed by atoms with van der Waals surface area (Å²) >= 11 is 0. The normalized spacial score (nSPS) is 16.4. The number of carbonyl (C=O) groups is 2. The standard InChI is InChI=1S/C28H27F2NO4/c1-28(16-20-5-8-23(29)9-6-20)17-22-13-21(7-10-25(22)35-28)15-26(32)31(18-27(33)34)12-11-19-3-2-4-24(30)14-19/h2-10,13-14H,11-12,15-18H2,1H3,(H,33,34). The summed E-state index contributed by atoms with van der Waals surface area (Å²) in [5, 5.41) is 9.27. The van der Waals surface area contributed by atoms with Crippen LogP contribution in [0.25, 0.3) is 0 Å². The Morgan fingerprint density at radius 1 is 0.971 bits per heavy atom. The molecule has 35 heavy (non-hydrogen) atoms. The molecule has 0 radical (unpaired) electrons. The number of amides is 1. The van der Waals surface area contributed by atoms with Crippen LogP contribution >= 0.6 is 0 Å². The number of hydrogen-bond donors (Lipinski definition) is 1. The molecule has 1 aliphatic rings. The van der Waals surface area contributed by atoms with E-state index in [1.807, 2.05) is 25.1 Å². The zero-order valence-electron chi connectivity index (χ0n) is 19.5.